The summed E-state index contributed by atoms with van der Waals surface area (Å²) in [5.41, 5.74) is 0.811. The lowest BCUT2D eigenvalue weighted by Gasteiger charge is -2.14. The summed E-state index contributed by atoms with van der Waals surface area (Å²) >= 11 is 0. The van der Waals surface area contributed by atoms with Gasteiger partial charge in [-0.3, -0.25) is 10.1 Å². The van der Waals surface area contributed by atoms with Crippen LogP contribution in [0.25, 0.3) is 0 Å². The molecule has 0 amide bonds. The average Bonchev–Trinajstić information content (AvgIpc) is 2.68. The smallest absolute Gasteiger partial charge is 0.353 e. The minimum Gasteiger partial charge on any atom is -0.495 e. The Morgan fingerprint density at radius 3 is 1.68 bits per heavy atom. The summed E-state index contributed by atoms with van der Waals surface area (Å²) in [7, 11) is 3.05. The molecule has 3 rings (SSSR count). The van der Waals surface area contributed by atoms with E-state index in [9.17, 15) is 10.1 Å². The lowest BCUT2D eigenvalue weighted by Crippen LogP contribution is -2.08. The van der Waals surface area contributed by atoms with Crippen LogP contribution >= 0.6 is 0 Å². The fourth-order valence-electron chi connectivity index (χ4n) is 2.66. The Labute approximate surface area is 161 Å². The van der Waals surface area contributed by atoms with Gasteiger partial charge in [-0.25, -0.2) is 9.97 Å². The Balaban J connectivity index is 2.08. The van der Waals surface area contributed by atoms with Crippen LogP contribution in [0.5, 0.6) is 11.5 Å². The molecule has 0 bridgehead atoms. The molecule has 1 heterocycles. The molecule has 0 aliphatic heterocycles. The normalized spacial score (nSPS) is 10.2. The van der Waals surface area contributed by atoms with Gasteiger partial charge in [0.05, 0.1) is 30.5 Å². The summed E-state index contributed by atoms with van der Waals surface area (Å²) in [6.45, 7) is 1.66. The van der Waals surface area contributed by atoms with E-state index in [0.717, 1.165) is 0 Å². The topological polar surface area (TPSA) is 111 Å². The van der Waals surface area contributed by atoms with E-state index in [1.165, 1.54) is 14.2 Å². The number of para-hydroxylation sites is 4. The number of rotatable bonds is 7. The number of hydrogen-bond donors (Lipinski definition) is 2. The number of methoxy groups -OCH3 is 2. The van der Waals surface area contributed by atoms with Gasteiger partial charge in [0.15, 0.2) is 0 Å². The highest BCUT2D eigenvalue weighted by Gasteiger charge is 2.25. The molecule has 3 aromatic rings. The molecular weight excluding hydrogens is 362 g/mol. The first-order valence-electron chi connectivity index (χ1n) is 8.36. The van der Waals surface area contributed by atoms with Crippen molar-refractivity contribution in [1.29, 1.82) is 0 Å². The highest BCUT2D eigenvalue weighted by molar-refractivity contribution is 5.79. The van der Waals surface area contributed by atoms with Crippen LogP contribution in [0.3, 0.4) is 0 Å². The van der Waals surface area contributed by atoms with E-state index < -0.39 is 4.92 Å². The first-order chi connectivity index (χ1) is 13.5. The van der Waals surface area contributed by atoms with Gasteiger partial charge in [0.2, 0.25) is 11.6 Å². The van der Waals surface area contributed by atoms with Crippen molar-refractivity contribution in [3.63, 3.8) is 0 Å². The molecule has 9 nitrogen and oxygen atoms in total. The number of aryl methyl sites for hydroxylation is 1. The van der Waals surface area contributed by atoms with Crippen molar-refractivity contribution >= 4 is 28.7 Å². The van der Waals surface area contributed by atoms with Gasteiger partial charge in [-0.15, -0.1) is 0 Å². The van der Waals surface area contributed by atoms with Gasteiger partial charge in [0, 0.05) is 0 Å². The zero-order chi connectivity index (χ0) is 20.1. The van der Waals surface area contributed by atoms with E-state index in [0.29, 0.717) is 28.7 Å². The second-order valence-electron chi connectivity index (χ2n) is 5.72. The molecule has 0 atom stereocenters. The molecule has 0 spiro atoms. The Hall–Kier alpha value is -3.88. The average molecular weight is 381 g/mol. The molecule has 0 unspecified atom stereocenters. The molecule has 28 heavy (non-hydrogen) atoms. The van der Waals surface area contributed by atoms with Crippen LogP contribution in [-0.4, -0.2) is 29.1 Å². The van der Waals surface area contributed by atoms with Crippen molar-refractivity contribution < 1.29 is 14.4 Å². The van der Waals surface area contributed by atoms with E-state index in [-0.39, 0.29) is 17.3 Å². The number of nitro groups is 1. The summed E-state index contributed by atoms with van der Waals surface area (Å²) in [6.07, 6.45) is 0. The summed E-state index contributed by atoms with van der Waals surface area (Å²) in [6, 6.07) is 14.2. The molecule has 2 N–H and O–H groups in total. The zero-order valence-electron chi connectivity index (χ0n) is 15.6. The Bertz CT molecular complexity index is 939. The van der Waals surface area contributed by atoms with Gasteiger partial charge < -0.3 is 20.1 Å². The number of anilines is 4. The van der Waals surface area contributed by atoms with Crippen LogP contribution in [0.1, 0.15) is 5.82 Å². The van der Waals surface area contributed by atoms with E-state index >= 15 is 0 Å². The fourth-order valence-corrected chi connectivity index (χ4v) is 2.66. The third kappa shape index (κ3) is 3.93. The molecule has 2 aromatic carbocycles. The monoisotopic (exact) mass is 381 g/mol. The van der Waals surface area contributed by atoms with Crippen LogP contribution < -0.4 is 20.1 Å². The van der Waals surface area contributed by atoms with E-state index in [4.69, 9.17) is 9.47 Å². The van der Waals surface area contributed by atoms with E-state index in [1.54, 1.807) is 55.5 Å². The standard InChI is InChI=1S/C19H19N5O4/c1-12-20-18(22-13-8-4-6-10-15(13)27-2)17(24(25)26)19(21-12)23-14-9-5-7-11-16(14)28-3/h4-11H,1-3H3,(H2,20,21,22,23). The SMILES string of the molecule is COc1ccccc1Nc1nc(C)nc(Nc2ccccc2OC)c1[N+](=O)[O-]. The number of benzene rings is 2. The van der Waals surface area contributed by atoms with Crippen LogP contribution in [0.2, 0.25) is 0 Å². The minimum atomic E-state index is -0.533. The molecule has 0 aliphatic carbocycles. The maximum atomic E-state index is 11.8. The number of ether oxygens (including phenoxy) is 2. The Morgan fingerprint density at radius 2 is 1.29 bits per heavy atom. The van der Waals surface area contributed by atoms with E-state index in [1.807, 2.05) is 0 Å². The first kappa shape index (κ1) is 18.9. The lowest BCUT2D eigenvalue weighted by molar-refractivity contribution is -0.383. The highest BCUT2D eigenvalue weighted by atomic mass is 16.6. The third-order valence-corrected chi connectivity index (χ3v) is 3.90. The zero-order valence-corrected chi connectivity index (χ0v) is 15.6. The number of hydrogen-bond acceptors (Lipinski definition) is 8. The lowest BCUT2D eigenvalue weighted by atomic mass is 10.2. The van der Waals surface area contributed by atoms with Gasteiger partial charge in [-0.05, 0) is 31.2 Å². The number of nitrogens with zero attached hydrogens (tertiary/aromatic N) is 3. The van der Waals surface area contributed by atoms with E-state index in [2.05, 4.69) is 20.6 Å². The molecule has 0 saturated carbocycles. The largest absolute Gasteiger partial charge is 0.495 e. The molecule has 0 radical (unpaired) electrons. The summed E-state index contributed by atoms with van der Waals surface area (Å²) in [5, 5.41) is 17.8. The van der Waals surface area contributed by atoms with Crippen molar-refractivity contribution in [2.75, 3.05) is 24.9 Å². The molecule has 0 saturated heterocycles. The van der Waals surface area contributed by atoms with Crippen molar-refractivity contribution in [2.45, 2.75) is 6.92 Å². The summed E-state index contributed by atoms with van der Waals surface area (Å²) < 4.78 is 10.6. The predicted molar refractivity (Wildman–Crippen MR) is 106 cm³/mol. The maximum Gasteiger partial charge on any atom is 0.353 e. The van der Waals surface area contributed by atoms with Crippen LogP contribution in [0.4, 0.5) is 28.7 Å². The Morgan fingerprint density at radius 1 is 0.857 bits per heavy atom. The quantitative estimate of drug-likeness (QED) is 0.463. The van der Waals surface area contributed by atoms with Gasteiger partial charge in [0.1, 0.15) is 17.3 Å². The molecule has 9 heteroatoms. The number of nitrogens with one attached hydrogen (secondary N) is 2. The maximum absolute atomic E-state index is 11.8. The molecule has 144 valence electrons. The minimum absolute atomic E-state index is 0.0550. The van der Waals surface area contributed by atoms with Crippen molar-refractivity contribution in [3.05, 3.63) is 64.5 Å². The predicted octanol–water partition coefficient (Wildman–Crippen LogP) is 4.20. The summed E-state index contributed by atoms with van der Waals surface area (Å²) in [5.74, 6) is 1.54. The van der Waals surface area contributed by atoms with Gasteiger partial charge in [-0.2, -0.15) is 0 Å². The molecular formula is C19H19N5O4. The highest BCUT2D eigenvalue weighted by Crippen LogP contribution is 2.37. The van der Waals surface area contributed by atoms with Crippen molar-refractivity contribution in [3.8, 4) is 11.5 Å². The fraction of sp³-hybridized carbons (Fsp3) is 0.158. The van der Waals surface area contributed by atoms with Gasteiger partial charge >= 0.3 is 5.69 Å². The molecule has 0 fully saturated rings. The van der Waals surface area contributed by atoms with Gasteiger partial charge in [0.25, 0.3) is 0 Å². The number of aromatic nitrogens is 2. The molecule has 0 aliphatic rings. The Kier molecular flexibility index (Phi) is 5.54. The van der Waals surface area contributed by atoms with Crippen LogP contribution in [-0.2, 0) is 0 Å². The first-order valence-corrected chi connectivity index (χ1v) is 8.36. The van der Waals surface area contributed by atoms with Crippen molar-refractivity contribution in [2.24, 2.45) is 0 Å². The summed E-state index contributed by atoms with van der Waals surface area (Å²) in [4.78, 5) is 19.7. The van der Waals surface area contributed by atoms with Crippen molar-refractivity contribution in [1.82, 2.24) is 9.97 Å². The third-order valence-electron chi connectivity index (χ3n) is 3.90. The van der Waals surface area contributed by atoms with Crippen LogP contribution in [0.15, 0.2) is 48.5 Å². The van der Waals surface area contributed by atoms with Gasteiger partial charge in [-0.1, -0.05) is 24.3 Å². The molecule has 1 aromatic heterocycles. The second kappa shape index (κ2) is 8.21. The second-order valence-corrected chi connectivity index (χ2v) is 5.72. The van der Waals surface area contributed by atoms with Crippen LogP contribution in [0, 0.1) is 17.0 Å².